The van der Waals surface area contributed by atoms with Crippen LogP contribution in [0.25, 0.3) is 0 Å². The van der Waals surface area contributed by atoms with E-state index in [2.05, 4.69) is 49.3 Å². The molecule has 0 bridgehead atoms. The molecule has 0 aliphatic carbocycles. The summed E-state index contributed by atoms with van der Waals surface area (Å²) in [6, 6.07) is 0. The SMILES string of the molecule is CCCCSCC#[C][Sn]([CH2]CCC)([CH2]CCC)[CH2]CCC. The van der Waals surface area contributed by atoms with E-state index in [9.17, 15) is 0 Å². The molecule has 0 aromatic carbocycles. The fraction of sp³-hybridized carbons (Fsp3) is 0.895. The molecule has 0 radical (unpaired) electrons. The zero-order chi connectivity index (χ0) is 15.8. The number of hydrogen-bond donors (Lipinski definition) is 0. The molecule has 0 atom stereocenters. The fourth-order valence-electron chi connectivity index (χ4n) is 2.70. The molecule has 0 saturated heterocycles. The summed E-state index contributed by atoms with van der Waals surface area (Å²) in [5.41, 5.74) is 0. The van der Waals surface area contributed by atoms with Gasteiger partial charge in [-0.15, -0.1) is 0 Å². The minimum absolute atomic E-state index is 1.09. The van der Waals surface area contributed by atoms with Crippen LogP contribution in [-0.4, -0.2) is 29.9 Å². The van der Waals surface area contributed by atoms with E-state index in [-0.39, 0.29) is 0 Å². The van der Waals surface area contributed by atoms with Gasteiger partial charge >= 0.3 is 144 Å². The van der Waals surface area contributed by atoms with Crippen LogP contribution in [0.3, 0.4) is 0 Å². The first-order chi connectivity index (χ1) is 10.2. The molecule has 0 aliphatic heterocycles. The molecule has 0 N–H and O–H groups in total. The summed E-state index contributed by atoms with van der Waals surface area (Å²) < 4.78 is 8.53. The van der Waals surface area contributed by atoms with Gasteiger partial charge in [-0.2, -0.15) is 0 Å². The minimum atomic E-state index is -2.13. The summed E-state index contributed by atoms with van der Waals surface area (Å²) >= 11 is -0.0849. The summed E-state index contributed by atoms with van der Waals surface area (Å²) in [5, 5.41) is 0. The Labute approximate surface area is 143 Å². The topological polar surface area (TPSA) is 0 Å². The Morgan fingerprint density at radius 1 is 0.714 bits per heavy atom. The number of rotatable bonds is 13. The van der Waals surface area contributed by atoms with Gasteiger partial charge in [0.05, 0.1) is 0 Å². The Morgan fingerprint density at radius 3 is 1.62 bits per heavy atom. The van der Waals surface area contributed by atoms with Crippen LogP contribution in [0.15, 0.2) is 0 Å². The third-order valence-electron chi connectivity index (χ3n) is 4.20. The molecule has 2 heteroatoms. The van der Waals surface area contributed by atoms with Crippen molar-refractivity contribution in [2.75, 3.05) is 11.5 Å². The molecule has 0 nitrogen and oxygen atoms in total. The van der Waals surface area contributed by atoms with Crippen molar-refractivity contribution < 1.29 is 0 Å². The molecule has 0 fully saturated rings. The second-order valence-corrected chi connectivity index (χ2v) is 19.7. The van der Waals surface area contributed by atoms with Gasteiger partial charge in [0, 0.05) is 0 Å². The molecule has 0 aliphatic rings. The van der Waals surface area contributed by atoms with Crippen molar-refractivity contribution in [3.05, 3.63) is 0 Å². The molecular weight excluding hydrogens is 379 g/mol. The molecule has 0 saturated carbocycles. The molecule has 0 aromatic heterocycles. The van der Waals surface area contributed by atoms with Crippen molar-refractivity contribution in [3.63, 3.8) is 0 Å². The van der Waals surface area contributed by atoms with E-state index in [4.69, 9.17) is 0 Å². The first-order valence-electron chi connectivity index (χ1n) is 9.32. The Bertz CT molecular complexity index is 255. The van der Waals surface area contributed by atoms with Crippen molar-refractivity contribution in [1.29, 1.82) is 0 Å². The maximum absolute atomic E-state index is 3.95. The van der Waals surface area contributed by atoms with Gasteiger partial charge < -0.3 is 0 Å². The second-order valence-electron chi connectivity index (χ2n) is 6.30. The standard InChI is InChI=1S/C7H11S.3C4H9.Sn/c1-3-5-7-8-6-4-2;3*1-3-4-2;/h3,5-7H2,1H3;3*1,3-4H2,2H3;. The van der Waals surface area contributed by atoms with Crippen LogP contribution in [0.2, 0.25) is 13.3 Å². The molecular formula is C19H38SSn. The monoisotopic (exact) mass is 418 g/mol. The Balaban J connectivity index is 4.58. The zero-order valence-corrected chi connectivity index (χ0v) is 18.8. The van der Waals surface area contributed by atoms with Crippen LogP contribution in [0.1, 0.15) is 79.1 Å². The predicted octanol–water partition coefficient (Wildman–Crippen LogP) is 6.91. The van der Waals surface area contributed by atoms with E-state index >= 15 is 0 Å². The molecule has 0 unspecified atom stereocenters. The van der Waals surface area contributed by atoms with Crippen molar-refractivity contribution in [2.24, 2.45) is 0 Å². The first kappa shape index (κ1) is 21.7. The van der Waals surface area contributed by atoms with Gasteiger partial charge in [0.1, 0.15) is 0 Å². The quantitative estimate of drug-likeness (QED) is 0.178. The van der Waals surface area contributed by atoms with Gasteiger partial charge in [-0.3, -0.25) is 0 Å². The van der Waals surface area contributed by atoms with Gasteiger partial charge in [-0.05, 0) is 0 Å². The van der Waals surface area contributed by atoms with Crippen molar-refractivity contribution in [2.45, 2.75) is 92.4 Å². The normalized spacial score (nSPS) is 11.2. The Hall–Kier alpha value is 0.709. The average molecular weight is 417 g/mol. The molecule has 0 amide bonds. The van der Waals surface area contributed by atoms with Crippen molar-refractivity contribution >= 4 is 30.1 Å². The molecule has 0 aromatic rings. The van der Waals surface area contributed by atoms with Crippen LogP contribution in [0, 0.1) is 9.86 Å². The van der Waals surface area contributed by atoms with Gasteiger partial charge in [0.15, 0.2) is 0 Å². The van der Waals surface area contributed by atoms with E-state index in [1.807, 2.05) is 0 Å². The molecule has 21 heavy (non-hydrogen) atoms. The molecule has 124 valence electrons. The Morgan fingerprint density at radius 2 is 1.19 bits per heavy atom. The Kier molecular flexibility index (Phi) is 16.1. The van der Waals surface area contributed by atoms with Crippen LogP contribution >= 0.6 is 11.8 Å². The number of thioether (sulfide) groups is 1. The van der Waals surface area contributed by atoms with E-state index in [1.54, 1.807) is 0 Å². The summed E-state index contributed by atoms with van der Waals surface area (Å²) in [6.07, 6.45) is 11.0. The molecule has 0 heterocycles. The third-order valence-corrected chi connectivity index (χ3v) is 18.4. The molecule has 0 rings (SSSR count). The average Bonchev–Trinajstić information content (AvgIpc) is 2.51. The van der Waals surface area contributed by atoms with Crippen LogP contribution in [-0.2, 0) is 0 Å². The van der Waals surface area contributed by atoms with Crippen molar-refractivity contribution in [3.8, 4) is 9.86 Å². The van der Waals surface area contributed by atoms with Crippen molar-refractivity contribution in [1.82, 2.24) is 0 Å². The molecule has 0 spiro atoms. The van der Waals surface area contributed by atoms with E-state index in [1.165, 1.54) is 70.4 Å². The summed E-state index contributed by atoms with van der Waals surface area (Å²) in [5.74, 6) is 6.00. The van der Waals surface area contributed by atoms with E-state index in [0.717, 1.165) is 5.75 Å². The summed E-state index contributed by atoms with van der Waals surface area (Å²) in [7, 11) is 0. The number of hydrogen-bond acceptors (Lipinski definition) is 1. The number of unbranched alkanes of at least 4 members (excludes halogenated alkanes) is 4. The summed E-state index contributed by atoms with van der Waals surface area (Å²) in [6.45, 7) is 9.28. The zero-order valence-electron chi connectivity index (χ0n) is 15.1. The van der Waals surface area contributed by atoms with E-state index < -0.39 is 18.4 Å². The van der Waals surface area contributed by atoms with Gasteiger partial charge in [-0.25, -0.2) is 0 Å². The third kappa shape index (κ3) is 11.9. The fourth-order valence-corrected chi connectivity index (χ4v) is 17.2. The maximum atomic E-state index is 3.95. The first-order valence-corrected chi connectivity index (χ1v) is 18.0. The van der Waals surface area contributed by atoms with Gasteiger partial charge in [0.25, 0.3) is 0 Å². The summed E-state index contributed by atoms with van der Waals surface area (Å²) in [4.78, 5) is 0. The van der Waals surface area contributed by atoms with Gasteiger partial charge in [0.2, 0.25) is 0 Å². The predicted molar refractivity (Wildman–Crippen MR) is 105 cm³/mol. The van der Waals surface area contributed by atoms with E-state index in [0.29, 0.717) is 0 Å². The van der Waals surface area contributed by atoms with Crippen LogP contribution < -0.4 is 0 Å². The van der Waals surface area contributed by atoms with Crippen LogP contribution in [0.5, 0.6) is 0 Å². The van der Waals surface area contributed by atoms with Crippen LogP contribution in [0.4, 0.5) is 0 Å². The van der Waals surface area contributed by atoms with Gasteiger partial charge in [-0.1, -0.05) is 0 Å². The second kappa shape index (κ2) is 15.6.